The van der Waals surface area contributed by atoms with Crippen LogP contribution in [0.3, 0.4) is 0 Å². The number of aryl methyl sites for hydroxylation is 1. The predicted molar refractivity (Wildman–Crippen MR) is 103 cm³/mol. The molecule has 0 radical (unpaired) electrons. The van der Waals surface area contributed by atoms with Crippen molar-refractivity contribution < 1.29 is 14.3 Å². The molecule has 1 aromatic heterocycles. The average Bonchev–Trinajstić information content (AvgIpc) is 3.22. The van der Waals surface area contributed by atoms with Crippen molar-refractivity contribution in [2.45, 2.75) is 20.3 Å². The Kier molecular flexibility index (Phi) is 5.68. The fourth-order valence-electron chi connectivity index (χ4n) is 2.78. The summed E-state index contributed by atoms with van der Waals surface area (Å²) in [5, 5.41) is 5.99. The van der Waals surface area contributed by atoms with Gasteiger partial charge in [0.15, 0.2) is 0 Å². The summed E-state index contributed by atoms with van der Waals surface area (Å²) >= 11 is 1.56. The van der Waals surface area contributed by atoms with Gasteiger partial charge in [-0.3, -0.25) is 9.59 Å². The maximum atomic E-state index is 12.3. The first-order valence-corrected chi connectivity index (χ1v) is 9.36. The van der Waals surface area contributed by atoms with E-state index in [-0.39, 0.29) is 18.2 Å². The van der Waals surface area contributed by atoms with E-state index in [0.29, 0.717) is 13.2 Å². The molecule has 7 heteroatoms. The fraction of sp³-hybridized carbons (Fsp3) is 0.316. The van der Waals surface area contributed by atoms with Gasteiger partial charge in [-0.1, -0.05) is 0 Å². The Balaban J connectivity index is 1.59. The Morgan fingerprint density at radius 3 is 2.81 bits per heavy atom. The molecule has 1 atom stereocenters. The number of thiophene rings is 1. The molecule has 1 fully saturated rings. The van der Waals surface area contributed by atoms with Crippen molar-refractivity contribution in [3.05, 3.63) is 46.2 Å². The molecule has 26 heavy (non-hydrogen) atoms. The van der Waals surface area contributed by atoms with Crippen molar-refractivity contribution in [1.82, 2.24) is 5.43 Å². The lowest BCUT2D eigenvalue weighted by molar-refractivity contribution is -0.126. The quantitative estimate of drug-likeness (QED) is 0.627. The van der Waals surface area contributed by atoms with Gasteiger partial charge in [0.25, 0.3) is 0 Å². The minimum Gasteiger partial charge on any atom is -0.494 e. The van der Waals surface area contributed by atoms with Gasteiger partial charge in [0.1, 0.15) is 5.75 Å². The number of anilines is 1. The van der Waals surface area contributed by atoms with Gasteiger partial charge in [0.05, 0.1) is 18.7 Å². The number of rotatable bonds is 6. The number of amides is 2. The van der Waals surface area contributed by atoms with E-state index in [2.05, 4.69) is 10.5 Å². The van der Waals surface area contributed by atoms with Crippen LogP contribution in [0.15, 0.2) is 40.8 Å². The van der Waals surface area contributed by atoms with Gasteiger partial charge < -0.3 is 9.64 Å². The lowest BCUT2D eigenvalue weighted by Crippen LogP contribution is -2.30. The molecule has 2 heterocycles. The zero-order valence-electron chi connectivity index (χ0n) is 14.8. The fourth-order valence-corrected chi connectivity index (χ4v) is 3.57. The molecule has 0 spiro atoms. The zero-order valence-corrected chi connectivity index (χ0v) is 15.6. The van der Waals surface area contributed by atoms with E-state index in [0.717, 1.165) is 21.9 Å². The highest BCUT2D eigenvalue weighted by Gasteiger charge is 2.35. The molecule has 1 aliphatic heterocycles. The van der Waals surface area contributed by atoms with Crippen LogP contribution < -0.4 is 15.1 Å². The van der Waals surface area contributed by atoms with Gasteiger partial charge in [-0.05, 0) is 55.1 Å². The van der Waals surface area contributed by atoms with Gasteiger partial charge >= 0.3 is 0 Å². The second-order valence-corrected chi connectivity index (χ2v) is 6.98. The van der Waals surface area contributed by atoms with Crippen LogP contribution in [0.25, 0.3) is 0 Å². The second kappa shape index (κ2) is 8.14. The van der Waals surface area contributed by atoms with Gasteiger partial charge in [-0.15, -0.1) is 11.3 Å². The number of hydrogen-bond acceptors (Lipinski definition) is 5. The number of hydrogen-bond donors (Lipinski definition) is 1. The van der Waals surface area contributed by atoms with Crippen LogP contribution >= 0.6 is 11.3 Å². The van der Waals surface area contributed by atoms with Crippen molar-refractivity contribution >= 4 is 35.1 Å². The van der Waals surface area contributed by atoms with E-state index in [9.17, 15) is 9.59 Å². The van der Waals surface area contributed by atoms with Gasteiger partial charge in [-0.2, -0.15) is 5.10 Å². The Bertz CT molecular complexity index is 814. The number of carbonyl (C=O) groups excluding carboxylic acids is 2. The molecule has 1 saturated heterocycles. The van der Waals surface area contributed by atoms with Crippen molar-refractivity contribution in [1.29, 1.82) is 0 Å². The van der Waals surface area contributed by atoms with Crippen molar-refractivity contribution in [3.63, 3.8) is 0 Å². The van der Waals surface area contributed by atoms with Crippen LogP contribution in [-0.4, -0.2) is 31.2 Å². The Morgan fingerprint density at radius 1 is 1.38 bits per heavy atom. The topological polar surface area (TPSA) is 71.0 Å². The maximum Gasteiger partial charge on any atom is 0.245 e. The molecular formula is C19H21N3O3S. The summed E-state index contributed by atoms with van der Waals surface area (Å²) in [6, 6.07) is 9.32. The first-order valence-electron chi connectivity index (χ1n) is 8.48. The smallest absolute Gasteiger partial charge is 0.245 e. The van der Waals surface area contributed by atoms with Crippen LogP contribution in [0.1, 0.15) is 23.8 Å². The van der Waals surface area contributed by atoms with Crippen LogP contribution in [0.5, 0.6) is 5.75 Å². The van der Waals surface area contributed by atoms with Crippen molar-refractivity contribution in [2.24, 2.45) is 11.0 Å². The molecule has 2 amide bonds. The largest absolute Gasteiger partial charge is 0.494 e. The summed E-state index contributed by atoms with van der Waals surface area (Å²) in [5.74, 6) is 0.0516. The highest BCUT2D eigenvalue weighted by Crippen LogP contribution is 2.27. The molecule has 0 unspecified atom stereocenters. The van der Waals surface area contributed by atoms with E-state index >= 15 is 0 Å². The summed E-state index contributed by atoms with van der Waals surface area (Å²) in [6.07, 6.45) is 1.82. The second-order valence-electron chi connectivity index (χ2n) is 6.03. The third-order valence-corrected chi connectivity index (χ3v) is 5.17. The molecule has 2 aromatic rings. The van der Waals surface area contributed by atoms with E-state index in [1.54, 1.807) is 22.5 Å². The maximum absolute atomic E-state index is 12.3. The lowest BCUT2D eigenvalue weighted by Gasteiger charge is -2.17. The van der Waals surface area contributed by atoms with Crippen LogP contribution in [-0.2, 0) is 9.59 Å². The summed E-state index contributed by atoms with van der Waals surface area (Å²) in [4.78, 5) is 27.2. The first-order chi connectivity index (χ1) is 12.6. The average molecular weight is 371 g/mol. The predicted octanol–water partition coefficient (Wildman–Crippen LogP) is 2.96. The molecule has 1 N–H and O–H groups in total. The molecule has 1 aromatic carbocycles. The molecular weight excluding hydrogens is 350 g/mol. The normalized spacial score (nSPS) is 17.1. The number of ether oxygens (including phenoxy) is 1. The number of carbonyl (C=O) groups is 2. The first kappa shape index (κ1) is 18.1. The third kappa shape index (κ3) is 4.11. The monoisotopic (exact) mass is 371 g/mol. The van der Waals surface area contributed by atoms with E-state index in [1.165, 1.54) is 0 Å². The van der Waals surface area contributed by atoms with Crippen molar-refractivity contribution in [3.8, 4) is 5.75 Å². The number of benzene rings is 1. The Morgan fingerprint density at radius 2 is 2.15 bits per heavy atom. The minimum absolute atomic E-state index is 0.0626. The summed E-state index contributed by atoms with van der Waals surface area (Å²) in [5.41, 5.74) is 4.43. The van der Waals surface area contributed by atoms with Crippen LogP contribution in [0.2, 0.25) is 0 Å². The highest BCUT2D eigenvalue weighted by atomic mass is 32.1. The van der Waals surface area contributed by atoms with E-state index < -0.39 is 5.92 Å². The molecule has 0 aliphatic carbocycles. The molecule has 0 bridgehead atoms. The summed E-state index contributed by atoms with van der Waals surface area (Å²) in [6.45, 7) is 4.86. The van der Waals surface area contributed by atoms with E-state index in [1.807, 2.05) is 49.6 Å². The molecule has 136 valence electrons. The van der Waals surface area contributed by atoms with Crippen LogP contribution in [0.4, 0.5) is 5.69 Å². The lowest BCUT2D eigenvalue weighted by atomic mass is 10.1. The third-order valence-electron chi connectivity index (χ3n) is 4.21. The summed E-state index contributed by atoms with van der Waals surface area (Å²) in [7, 11) is 0. The number of nitrogens with one attached hydrogen (secondary N) is 1. The standard InChI is InChI=1S/C19H21N3O3S/c1-3-25-16-6-4-15(5-7-16)22-12-14(10-18(22)23)19(24)21-20-11-17-13(2)8-9-26-17/h4-9,11,14H,3,10,12H2,1-2H3,(H,21,24)/b20-11-/t14-/m0/s1. The minimum atomic E-state index is -0.407. The molecule has 1 aliphatic rings. The van der Waals surface area contributed by atoms with E-state index in [4.69, 9.17) is 4.74 Å². The SMILES string of the molecule is CCOc1ccc(N2C[C@@H](C(=O)N/N=C\c3sccc3C)CC2=O)cc1. The molecule has 6 nitrogen and oxygen atoms in total. The Hall–Kier alpha value is -2.67. The number of hydrazone groups is 1. The number of nitrogens with zero attached hydrogens (tertiary/aromatic N) is 2. The van der Waals surface area contributed by atoms with Gasteiger partial charge in [0.2, 0.25) is 11.8 Å². The van der Waals surface area contributed by atoms with Crippen LogP contribution in [0, 0.1) is 12.8 Å². The summed E-state index contributed by atoms with van der Waals surface area (Å²) < 4.78 is 5.41. The van der Waals surface area contributed by atoms with Crippen molar-refractivity contribution in [2.75, 3.05) is 18.1 Å². The van der Waals surface area contributed by atoms with Gasteiger partial charge in [0, 0.05) is 23.5 Å². The molecule has 3 rings (SSSR count). The zero-order chi connectivity index (χ0) is 18.5. The highest BCUT2D eigenvalue weighted by molar-refractivity contribution is 7.11. The molecule has 0 saturated carbocycles. The Labute approximate surface area is 156 Å². The van der Waals surface area contributed by atoms with Gasteiger partial charge in [-0.25, -0.2) is 5.43 Å².